The van der Waals surface area contributed by atoms with Crippen molar-refractivity contribution in [3.05, 3.63) is 59.8 Å². The molecule has 4 aromatic heterocycles. The molecule has 262 valence electrons. The van der Waals surface area contributed by atoms with E-state index in [1.165, 1.54) is 12.5 Å². The Morgan fingerprint density at radius 3 is 1.71 bits per heavy atom. The number of carbonyl (C=O) groups excluding carboxylic acids is 2. The number of aliphatic hydroxyl groups is 2. The summed E-state index contributed by atoms with van der Waals surface area (Å²) < 4.78 is 10.6. The fourth-order valence-corrected chi connectivity index (χ4v) is 5.51. The molecule has 4 N–H and O–H groups in total. The number of nitrogens with one attached hydrogen (secondary N) is 2. The number of aromatic nitrogens is 6. The van der Waals surface area contributed by atoms with Gasteiger partial charge in [-0.15, -0.1) is 0 Å². The molecule has 0 bridgehead atoms. The number of amides is 2. The van der Waals surface area contributed by atoms with Gasteiger partial charge >= 0.3 is 0 Å². The molecule has 0 radical (unpaired) electrons. The third-order valence-electron chi connectivity index (χ3n) is 7.93. The lowest BCUT2D eigenvalue weighted by Gasteiger charge is -2.24. The Labute approximate surface area is 288 Å². The van der Waals surface area contributed by atoms with Crippen molar-refractivity contribution in [2.24, 2.45) is 0 Å². The number of anilines is 4. The second kappa shape index (κ2) is 14.4. The molecular formula is C32H41ClN10O6. The number of rotatable bonds is 6. The first-order chi connectivity index (χ1) is 23.1. The van der Waals surface area contributed by atoms with Gasteiger partial charge in [-0.25, -0.2) is 19.9 Å². The van der Waals surface area contributed by atoms with Crippen LogP contribution in [-0.4, -0.2) is 89.7 Å². The average Bonchev–Trinajstić information content (AvgIpc) is 3.84. The van der Waals surface area contributed by atoms with Gasteiger partial charge in [-0.05, 0) is 23.7 Å². The molecule has 0 aliphatic carbocycles. The van der Waals surface area contributed by atoms with Crippen LogP contribution in [0.15, 0.2) is 52.0 Å². The van der Waals surface area contributed by atoms with Crippen LogP contribution in [0, 0.1) is 0 Å². The first kappa shape index (κ1) is 35.6. The molecule has 4 aromatic rings. The summed E-state index contributed by atoms with van der Waals surface area (Å²) in [4.78, 5) is 44.8. The molecule has 49 heavy (non-hydrogen) atoms. The summed E-state index contributed by atoms with van der Waals surface area (Å²) in [7, 11) is 0. The van der Waals surface area contributed by atoms with Crippen LogP contribution in [0.4, 0.5) is 23.3 Å². The molecule has 2 saturated heterocycles. The zero-order valence-corrected chi connectivity index (χ0v) is 28.9. The maximum atomic E-state index is 12.7. The van der Waals surface area contributed by atoms with Crippen molar-refractivity contribution in [2.45, 2.75) is 89.5 Å². The van der Waals surface area contributed by atoms with Crippen LogP contribution in [0.5, 0.6) is 0 Å². The topological polar surface area (TPSA) is 209 Å². The predicted octanol–water partition coefficient (Wildman–Crippen LogP) is 3.33. The Hall–Kier alpha value is -4.67. The van der Waals surface area contributed by atoms with Crippen LogP contribution < -0.4 is 20.4 Å². The van der Waals surface area contributed by atoms with Crippen LogP contribution in [0.2, 0.25) is 5.28 Å². The predicted molar refractivity (Wildman–Crippen MR) is 180 cm³/mol. The van der Waals surface area contributed by atoms with Gasteiger partial charge in [0.15, 0.2) is 11.6 Å². The zero-order valence-electron chi connectivity index (χ0n) is 28.2. The van der Waals surface area contributed by atoms with Crippen molar-refractivity contribution in [1.82, 2.24) is 30.2 Å². The van der Waals surface area contributed by atoms with Gasteiger partial charge in [-0.3, -0.25) is 9.59 Å². The Morgan fingerprint density at radius 2 is 1.29 bits per heavy atom. The van der Waals surface area contributed by atoms with Crippen LogP contribution in [-0.2, 0) is 20.4 Å². The number of nitrogens with zero attached hydrogens (tertiary/aromatic N) is 8. The van der Waals surface area contributed by atoms with Crippen LogP contribution in [0.3, 0.4) is 0 Å². The molecule has 16 nitrogen and oxygen atoms in total. The van der Waals surface area contributed by atoms with Gasteiger partial charge in [-0.2, -0.15) is 0 Å². The maximum absolute atomic E-state index is 12.7. The van der Waals surface area contributed by atoms with E-state index in [-0.39, 0.29) is 40.9 Å². The number of halogens is 1. The van der Waals surface area contributed by atoms with E-state index in [1.54, 1.807) is 40.3 Å². The highest BCUT2D eigenvalue weighted by atomic mass is 35.5. The van der Waals surface area contributed by atoms with Crippen molar-refractivity contribution in [1.29, 1.82) is 0 Å². The SMILES string of the molecule is CC(C)(C)c1cc(NC(=O)[C@@H]2C[C@@H](O)CN2c2ccnc(Cl)n2)no1.CC(C)(C)c1cc(NC(=O)[C@@H]2C[C@@H](O)CN2c2ccncn2)no1. The minimum atomic E-state index is -0.632. The van der Waals surface area contributed by atoms with Crippen molar-refractivity contribution in [3.8, 4) is 0 Å². The number of hydrogen-bond acceptors (Lipinski definition) is 14. The fraction of sp³-hybridized carbons (Fsp3) is 0.500. The van der Waals surface area contributed by atoms with Gasteiger partial charge in [0.25, 0.3) is 0 Å². The highest BCUT2D eigenvalue weighted by Crippen LogP contribution is 2.29. The summed E-state index contributed by atoms with van der Waals surface area (Å²) in [5.74, 6) is 2.64. The molecule has 6 rings (SSSR count). The van der Waals surface area contributed by atoms with Crippen molar-refractivity contribution in [3.63, 3.8) is 0 Å². The van der Waals surface area contributed by atoms with Crippen molar-refractivity contribution < 1.29 is 28.8 Å². The number of β-amino-alcohol motifs (C(OH)–C–C–N with tert-alkyl or cyclic N) is 2. The molecule has 2 aliphatic heterocycles. The number of hydrogen-bond donors (Lipinski definition) is 4. The van der Waals surface area contributed by atoms with Gasteiger partial charge in [0.1, 0.15) is 41.6 Å². The molecule has 6 heterocycles. The van der Waals surface area contributed by atoms with Crippen molar-refractivity contribution >= 4 is 46.7 Å². The molecule has 4 atom stereocenters. The summed E-state index contributed by atoms with van der Waals surface area (Å²) >= 11 is 5.83. The lowest BCUT2D eigenvalue weighted by molar-refractivity contribution is -0.118. The van der Waals surface area contributed by atoms with Crippen LogP contribution in [0.25, 0.3) is 0 Å². The average molecular weight is 697 g/mol. The Kier molecular flexibility index (Phi) is 10.5. The lowest BCUT2D eigenvalue weighted by Crippen LogP contribution is -2.40. The summed E-state index contributed by atoms with van der Waals surface area (Å²) in [5, 5.41) is 33.3. The highest BCUT2D eigenvalue weighted by Gasteiger charge is 2.38. The van der Waals surface area contributed by atoms with Gasteiger partial charge in [-0.1, -0.05) is 51.9 Å². The van der Waals surface area contributed by atoms with E-state index in [0.29, 0.717) is 47.8 Å². The second-order valence-electron chi connectivity index (χ2n) is 14.0. The monoisotopic (exact) mass is 696 g/mol. The lowest BCUT2D eigenvalue weighted by atomic mass is 9.93. The number of carbonyl (C=O) groups is 2. The Morgan fingerprint density at radius 1 is 0.796 bits per heavy atom. The van der Waals surface area contributed by atoms with Crippen LogP contribution in [0.1, 0.15) is 65.9 Å². The maximum Gasteiger partial charge on any atom is 0.248 e. The molecule has 17 heteroatoms. The standard InChI is InChI=1S/C16H20ClN5O3.C16H21N5O3/c1-16(2,3)11-7-12(21-25-11)19-14(24)10-6-9(23)8-22(10)13-4-5-18-15(17)20-13;1-16(2,3)12-7-13(20-24-12)19-15(23)11-6-10(22)8-21(11)14-4-5-17-9-18-14/h4-5,7,9-10,23H,6,8H2,1-3H3,(H,19,21,24);4-5,7,9-11,22H,6,8H2,1-3H3,(H,19,20,23)/t9-,10+;10-,11+/m11/s1. The zero-order chi connectivity index (χ0) is 35.5. The molecule has 0 spiro atoms. The third-order valence-corrected chi connectivity index (χ3v) is 8.11. The molecule has 0 saturated carbocycles. The van der Waals surface area contributed by atoms with Crippen LogP contribution >= 0.6 is 11.6 Å². The summed E-state index contributed by atoms with van der Waals surface area (Å²) in [6.07, 6.45) is 3.94. The molecular weight excluding hydrogens is 656 g/mol. The molecule has 2 aliphatic rings. The first-order valence-corrected chi connectivity index (χ1v) is 16.2. The molecule has 2 fully saturated rings. The summed E-state index contributed by atoms with van der Waals surface area (Å²) in [5.41, 5.74) is -0.393. The summed E-state index contributed by atoms with van der Waals surface area (Å²) in [6.45, 7) is 12.6. The van der Waals surface area contributed by atoms with Gasteiger partial charge in [0.2, 0.25) is 17.1 Å². The van der Waals surface area contributed by atoms with Gasteiger partial charge in [0, 0.05) is 61.3 Å². The van der Waals surface area contributed by atoms with E-state index in [1.807, 2.05) is 41.5 Å². The van der Waals surface area contributed by atoms with E-state index in [9.17, 15) is 19.8 Å². The minimum Gasteiger partial charge on any atom is -0.391 e. The largest absolute Gasteiger partial charge is 0.391 e. The quantitative estimate of drug-likeness (QED) is 0.213. The fourth-order valence-electron chi connectivity index (χ4n) is 5.36. The second-order valence-corrected chi connectivity index (χ2v) is 14.3. The van der Waals surface area contributed by atoms with Gasteiger partial charge in [0.05, 0.1) is 12.2 Å². The van der Waals surface area contributed by atoms with Crippen molar-refractivity contribution in [2.75, 3.05) is 33.5 Å². The Balaban J connectivity index is 0.000000191. The highest BCUT2D eigenvalue weighted by molar-refractivity contribution is 6.28. The van der Waals surface area contributed by atoms with E-state index < -0.39 is 24.3 Å². The number of aliphatic hydroxyl groups excluding tert-OH is 2. The first-order valence-electron chi connectivity index (χ1n) is 15.8. The third kappa shape index (κ3) is 8.87. The molecule has 2 amide bonds. The van der Waals surface area contributed by atoms with E-state index in [2.05, 4.69) is 40.9 Å². The minimum absolute atomic E-state index is 0.0874. The smallest absolute Gasteiger partial charge is 0.248 e. The normalized spacial score (nSPS) is 20.9. The Bertz CT molecular complexity index is 1740. The van der Waals surface area contributed by atoms with E-state index in [0.717, 1.165) is 0 Å². The molecule has 0 unspecified atom stereocenters. The van der Waals surface area contributed by atoms with E-state index in [4.69, 9.17) is 20.6 Å². The van der Waals surface area contributed by atoms with E-state index >= 15 is 0 Å². The molecule has 0 aromatic carbocycles. The summed E-state index contributed by atoms with van der Waals surface area (Å²) in [6, 6.07) is 5.68. The van der Waals surface area contributed by atoms with Gasteiger partial charge < -0.3 is 39.7 Å².